The molecule has 0 fully saturated rings. The summed E-state index contributed by atoms with van der Waals surface area (Å²) in [5, 5.41) is 0. The second-order valence-electron chi connectivity index (χ2n) is 1.02. The number of hydrogen-bond donors (Lipinski definition) is 2. The van der Waals surface area contributed by atoms with E-state index in [1.165, 1.54) is 0 Å². The lowest BCUT2D eigenvalue weighted by Gasteiger charge is -1.91. The molecule has 0 amide bonds. The van der Waals surface area contributed by atoms with E-state index >= 15 is 0 Å². The molecule has 0 aromatic heterocycles. The molecule has 0 bridgehead atoms. The molecule has 0 aromatic rings. The van der Waals surface area contributed by atoms with E-state index in [1.54, 1.807) is 0 Å². The zero-order valence-electron chi connectivity index (χ0n) is 4.30. The van der Waals surface area contributed by atoms with E-state index in [2.05, 4.69) is 11.1 Å². The Morgan fingerprint density at radius 1 is 1.78 bits per heavy atom. The third-order valence-electron chi connectivity index (χ3n) is 0.428. The van der Waals surface area contributed by atoms with Crippen LogP contribution in [0.5, 0.6) is 0 Å². The fraction of sp³-hybridized carbons (Fsp3) is 0. The summed E-state index contributed by atoms with van der Waals surface area (Å²) in [6, 6.07) is 0. The second kappa shape index (κ2) is 3.08. The van der Waals surface area contributed by atoms with Crippen LogP contribution in [0.2, 0.25) is 0 Å². The van der Waals surface area contributed by atoms with Crippen molar-refractivity contribution in [2.24, 2.45) is 0 Å². The molecule has 0 aromatic carbocycles. The molecule has 0 radical (unpaired) electrons. The Morgan fingerprint density at radius 3 is 2.33 bits per heavy atom. The van der Waals surface area contributed by atoms with Crippen molar-refractivity contribution < 1.29 is 23.4 Å². The fourth-order valence-electron chi connectivity index (χ4n) is 0.137. The van der Waals surface area contributed by atoms with Crippen LogP contribution in [0.3, 0.4) is 0 Å². The SMILES string of the molecule is C=COP(=O)(O)[P+](=O)O. The van der Waals surface area contributed by atoms with Crippen LogP contribution in [0.1, 0.15) is 0 Å². The summed E-state index contributed by atoms with van der Waals surface area (Å²) in [5.74, 6) is 0. The van der Waals surface area contributed by atoms with Crippen LogP contribution in [-0.4, -0.2) is 9.79 Å². The van der Waals surface area contributed by atoms with Crippen LogP contribution in [0.15, 0.2) is 12.8 Å². The van der Waals surface area contributed by atoms with E-state index in [4.69, 9.17) is 9.79 Å². The predicted octanol–water partition coefficient (Wildman–Crippen LogP) is 0.982. The highest BCUT2D eigenvalue weighted by molar-refractivity contribution is 8.20. The standard InChI is InChI=1S/C2H4O5P2/c1-2-7-9(5,6)8(3)4/h2H,1H2,(H-,3,4,5,6)/p+1. The van der Waals surface area contributed by atoms with Gasteiger partial charge in [0.25, 0.3) is 0 Å². The Morgan fingerprint density at radius 2 is 2.22 bits per heavy atom. The molecule has 2 N–H and O–H groups in total. The van der Waals surface area contributed by atoms with E-state index in [9.17, 15) is 9.13 Å². The average Bonchev–Trinajstić information content (AvgIpc) is 1.65. The van der Waals surface area contributed by atoms with Crippen molar-refractivity contribution in [2.75, 3.05) is 0 Å². The minimum Gasteiger partial charge on any atom is -0.396 e. The summed E-state index contributed by atoms with van der Waals surface area (Å²) in [6.45, 7) is 2.93. The van der Waals surface area contributed by atoms with Gasteiger partial charge >= 0.3 is 15.0 Å². The highest BCUT2D eigenvalue weighted by Gasteiger charge is 2.45. The first kappa shape index (κ1) is 8.79. The maximum Gasteiger partial charge on any atom is 0.656 e. The van der Waals surface area contributed by atoms with Gasteiger partial charge in [0.1, 0.15) is 0 Å². The van der Waals surface area contributed by atoms with E-state index in [0.717, 1.165) is 0 Å². The monoisotopic (exact) mass is 171 g/mol. The molecule has 0 saturated carbocycles. The molecule has 7 heteroatoms. The van der Waals surface area contributed by atoms with Gasteiger partial charge in [0, 0.05) is 0 Å². The number of rotatable bonds is 3. The molecular weight excluding hydrogens is 166 g/mol. The molecule has 52 valence electrons. The van der Waals surface area contributed by atoms with Gasteiger partial charge in [-0.2, -0.15) is 9.46 Å². The minimum absolute atomic E-state index is 0.643. The Labute approximate surface area is 52.3 Å². The molecule has 2 atom stereocenters. The van der Waals surface area contributed by atoms with Gasteiger partial charge in [-0.1, -0.05) is 6.58 Å². The average molecular weight is 171 g/mol. The van der Waals surface area contributed by atoms with E-state index in [-0.39, 0.29) is 0 Å². The summed E-state index contributed by atoms with van der Waals surface area (Å²) >= 11 is 0. The van der Waals surface area contributed by atoms with Crippen molar-refractivity contribution in [3.8, 4) is 0 Å². The summed E-state index contributed by atoms with van der Waals surface area (Å²) < 4.78 is 23.9. The summed E-state index contributed by atoms with van der Waals surface area (Å²) in [5.41, 5.74) is 0. The number of hydrogen-bond acceptors (Lipinski definition) is 3. The molecular formula is C2H5O5P2+. The van der Waals surface area contributed by atoms with Gasteiger partial charge in [0.15, 0.2) is 0 Å². The molecule has 2 unspecified atom stereocenters. The van der Waals surface area contributed by atoms with Gasteiger partial charge in [-0.25, -0.2) is 0 Å². The molecule has 0 rings (SSSR count). The third-order valence-corrected chi connectivity index (χ3v) is 2.86. The molecule has 5 nitrogen and oxygen atoms in total. The van der Waals surface area contributed by atoms with Crippen LogP contribution < -0.4 is 0 Å². The lowest BCUT2D eigenvalue weighted by Crippen LogP contribution is -1.73. The maximum absolute atomic E-state index is 10.2. The van der Waals surface area contributed by atoms with Crippen LogP contribution in [0.25, 0.3) is 0 Å². The molecule has 0 aliphatic heterocycles. The van der Waals surface area contributed by atoms with Gasteiger partial charge < -0.3 is 4.52 Å². The van der Waals surface area contributed by atoms with E-state index in [1.807, 2.05) is 0 Å². The van der Waals surface area contributed by atoms with Crippen molar-refractivity contribution in [1.29, 1.82) is 0 Å². The van der Waals surface area contributed by atoms with Crippen molar-refractivity contribution >= 4 is 15.0 Å². The third kappa shape index (κ3) is 2.72. The largest absolute Gasteiger partial charge is 0.656 e. The van der Waals surface area contributed by atoms with Crippen LogP contribution in [-0.2, 0) is 13.7 Å². The van der Waals surface area contributed by atoms with Crippen LogP contribution in [0, 0.1) is 0 Å². The Kier molecular flexibility index (Phi) is 3.01. The molecule has 0 heterocycles. The van der Waals surface area contributed by atoms with Crippen molar-refractivity contribution in [3.63, 3.8) is 0 Å². The Balaban J connectivity index is 4.20. The summed E-state index contributed by atoms with van der Waals surface area (Å²) in [4.78, 5) is 16.4. The fourth-order valence-corrected chi connectivity index (χ4v) is 0.854. The van der Waals surface area contributed by atoms with E-state index in [0.29, 0.717) is 6.26 Å². The second-order valence-corrected chi connectivity index (χ2v) is 5.26. The van der Waals surface area contributed by atoms with Gasteiger partial charge in [0.2, 0.25) is 0 Å². The lowest BCUT2D eigenvalue weighted by atomic mass is 11.2. The molecule has 0 aliphatic rings. The van der Waals surface area contributed by atoms with Gasteiger partial charge in [-0.15, -0.1) is 0 Å². The van der Waals surface area contributed by atoms with Crippen molar-refractivity contribution in [1.82, 2.24) is 0 Å². The lowest BCUT2D eigenvalue weighted by molar-refractivity contribution is 0.359. The van der Waals surface area contributed by atoms with Gasteiger partial charge in [-0.3, -0.25) is 4.89 Å². The zero-order valence-corrected chi connectivity index (χ0v) is 6.09. The van der Waals surface area contributed by atoms with Gasteiger partial charge in [0.05, 0.1) is 6.26 Å². The smallest absolute Gasteiger partial charge is 0.396 e. The van der Waals surface area contributed by atoms with Crippen LogP contribution in [0.4, 0.5) is 0 Å². The Hall–Kier alpha value is -0.210. The van der Waals surface area contributed by atoms with Crippen LogP contribution >= 0.6 is 15.0 Å². The quantitative estimate of drug-likeness (QED) is 0.488. The van der Waals surface area contributed by atoms with Crippen molar-refractivity contribution in [3.05, 3.63) is 12.8 Å². The first-order valence-corrected chi connectivity index (χ1v) is 5.29. The molecule has 0 saturated heterocycles. The molecule has 0 spiro atoms. The highest BCUT2D eigenvalue weighted by Crippen LogP contribution is 2.63. The topological polar surface area (TPSA) is 83.8 Å². The Bertz CT molecular complexity index is 174. The van der Waals surface area contributed by atoms with Gasteiger partial charge in [-0.05, 0) is 4.57 Å². The highest BCUT2D eigenvalue weighted by atomic mass is 32.1. The first-order valence-electron chi connectivity index (χ1n) is 1.79. The molecule has 9 heavy (non-hydrogen) atoms. The summed E-state index contributed by atoms with van der Waals surface area (Å²) in [6.07, 6.45) is 0.643. The predicted molar refractivity (Wildman–Crippen MR) is 30.9 cm³/mol. The van der Waals surface area contributed by atoms with Crippen molar-refractivity contribution in [2.45, 2.75) is 0 Å². The van der Waals surface area contributed by atoms with E-state index < -0.39 is 15.0 Å². The normalized spacial score (nSPS) is 17.8. The zero-order chi connectivity index (χ0) is 7.49. The maximum atomic E-state index is 10.2. The summed E-state index contributed by atoms with van der Waals surface area (Å²) in [7, 11) is -7.50. The first-order chi connectivity index (χ1) is 4.00. The minimum atomic E-state index is -4.32. The molecule has 0 aliphatic carbocycles.